The third kappa shape index (κ3) is 3.24. The summed E-state index contributed by atoms with van der Waals surface area (Å²) in [5, 5.41) is 2.98. The SMILES string of the molecule is CN(Cc1ccccc1)C(=O)Nc1ccc2c(c1)CCC2. The van der Waals surface area contributed by atoms with Gasteiger partial charge in [-0.05, 0) is 48.1 Å². The highest BCUT2D eigenvalue weighted by atomic mass is 16.2. The van der Waals surface area contributed by atoms with E-state index in [1.807, 2.05) is 43.4 Å². The molecule has 0 atom stereocenters. The first-order valence-corrected chi connectivity index (χ1v) is 7.40. The van der Waals surface area contributed by atoms with Crippen LogP contribution in [0.15, 0.2) is 48.5 Å². The third-order valence-corrected chi connectivity index (χ3v) is 3.96. The number of aryl methyl sites for hydroxylation is 2. The summed E-state index contributed by atoms with van der Waals surface area (Å²) >= 11 is 0. The number of urea groups is 1. The van der Waals surface area contributed by atoms with Crippen LogP contribution in [-0.4, -0.2) is 18.0 Å². The Bertz CT molecular complexity index is 637. The largest absolute Gasteiger partial charge is 0.323 e. The van der Waals surface area contributed by atoms with Gasteiger partial charge in [-0.2, -0.15) is 0 Å². The van der Waals surface area contributed by atoms with Crippen LogP contribution in [0.5, 0.6) is 0 Å². The van der Waals surface area contributed by atoms with E-state index >= 15 is 0 Å². The van der Waals surface area contributed by atoms with Gasteiger partial charge in [-0.15, -0.1) is 0 Å². The van der Waals surface area contributed by atoms with Crippen molar-refractivity contribution in [3.8, 4) is 0 Å². The minimum Gasteiger partial charge on any atom is -0.323 e. The lowest BCUT2D eigenvalue weighted by Gasteiger charge is -2.18. The lowest BCUT2D eigenvalue weighted by atomic mass is 10.1. The molecule has 3 rings (SSSR count). The maximum absolute atomic E-state index is 12.2. The first-order valence-electron chi connectivity index (χ1n) is 7.40. The highest BCUT2D eigenvalue weighted by Crippen LogP contribution is 2.25. The number of carbonyl (C=O) groups is 1. The molecule has 21 heavy (non-hydrogen) atoms. The van der Waals surface area contributed by atoms with Crippen molar-refractivity contribution in [2.75, 3.05) is 12.4 Å². The van der Waals surface area contributed by atoms with Gasteiger partial charge in [-0.3, -0.25) is 0 Å². The van der Waals surface area contributed by atoms with Crippen molar-refractivity contribution >= 4 is 11.7 Å². The summed E-state index contributed by atoms with van der Waals surface area (Å²) in [6, 6.07) is 16.2. The van der Waals surface area contributed by atoms with Crippen molar-refractivity contribution in [3.05, 3.63) is 65.2 Å². The number of nitrogens with zero attached hydrogens (tertiary/aromatic N) is 1. The molecule has 0 saturated carbocycles. The van der Waals surface area contributed by atoms with E-state index in [1.54, 1.807) is 4.90 Å². The van der Waals surface area contributed by atoms with E-state index in [-0.39, 0.29) is 6.03 Å². The highest BCUT2D eigenvalue weighted by Gasteiger charge is 2.13. The molecule has 3 heteroatoms. The maximum atomic E-state index is 12.2. The Labute approximate surface area is 125 Å². The van der Waals surface area contributed by atoms with Gasteiger partial charge < -0.3 is 10.2 Å². The number of anilines is 1. The summed E-state index contributed by atoms with van der Waals surface area (Å²) in [6.07, 6.45) is 3.51. The number of carbonyl (C=O) groups excluding carboxylic acids is 1. The van der Waals surface area contributed by atoms with Gasteiger partial charge in [0.25, 0.3) is 0 Å². The lowest BCUT2D eigenvalue weighted by Crippen LogP contribution is -2.30. The molecule has 2 aromatic carbocycles. The Morgan fingerprint density at radius 3 is 2.67 bits per heavy atom. The van der Waals surface area contributed by atoms with Crippen LogP contribution in [0.3, 0.4) is 0 Å². The standard InChI is InChI=1S/C18H20N2O/c1-20(13-14-6-3-2-4-7-14)18(21)19-17-11-10-15-8-5-9-16(15)12-17/h2-4,6-7,10-12H,5,8-9,13H2,1H3,(H,19,21). The molecule has 0 heterocycles. The first-order chi connectivity index (χ1) is 10.2. The predicted octanol–water partition coefficient (Wildman–Crippen LogP) is 3.84. The Morgan fingerprint density at radius 1 is 1.10 bits per heavy atom. The minimum absolute atomic E-state index is 0.0724. The fourth-order valence-corrected chi connectivity index (χ4v) is 2.80. The molecule has 1 N–H and O–H groups in total. The number of hydrogen-bond acceptors (Lipinski definition) is 1. The molecule has 2 aromatic rings. The average molecular weight is 280 g/mol. The Kier molecular flexibility index (Phi) is 3.91. The minimum atomic E-state index is -0.0724. The van der Waals surface area contributed by atoms with Crippen LogP contribution >= 0.6 is 0 Å². The molecule has 0 unspecified atom stereocenters. The number of amides is 2. The molecular formula is C18H20N2O. The second-order valence-corrected chi connectivity index (χ2v) is 5.61. The number of benzene rings is 2. The van der Waals surface area contributed by atoms with Gasteiger partial charge in [0.2, 0.25) is 0 Å². The van der Waals surface area contributed by atoms with Gasteiger partial charge >= 0.3 is 6.03 Å². The number of fused-ring (bicyclic) bond motifs is 1. The van der Waals surface area contributed by atoms with Crippen molar-refractivity contribution in [2.24, 2.45) is 0 Å². The van der Waals surface area contributed by atoms with Gasteiger partial charge in [-0.1, -0.05) is 36.4 Å². The monoisotopic (exact) mass is 280 g/mol. The van der Waals surface area contributed by atoms with Gasteiger partial charge in [0.15, 0.2) is 0 Å². The van der Waals surface area contributed by atoms with Crippen LogP contribution in [0.1, 0.15) is 23.1 Å². The van der Waals surface area contributed by atoms with Crippen LogP contribution in [-0.2, 0) is 19.4 Å². The van der Waals surface area contributed by atoms with E-state index in [2.05, 4.69) is 17.4 Å². The van der Waals surface area contributed by atoms with Gasteiger partial charge in [0.1, 0.15) is 0 Å². The molecule has 0 saturated heterocycles. The van der Waals surface area contributed by atoms with Crippen molar-refractivity contribution in [1.29, 1.82) is 0 Å². The first kappa shape index (κ1) is 13.7. The molecule has 0 aliphatic heterocycles. The van der Waals surface area contributed by atoms with Crippen LogP contribution in [0.2, 0.25) is 0 Å². The van der Waals surface area contributed by atoms with E-state index in [4.69, 9.17) is 0 Å². The summed E-state index contributed by atoms with van der Waals surface area (Å²) in [4.78, 5) is 13.9. The van der Waals surface area contributed by atoms with Gasteiger partial charge in [-0.25, -0.2) is 4.79 Å². The molecule has 3 nitrogen and oxygen atoms in total. The zero-order valence-corrected chi connectivity index (χ0v) is 12.3. The quantitative estimate of drug-likeness (QED) is 0.910. The zero-order chi connectivity index (χ0) is 14.7. The third-order valence-electron chi connectivity index (χ3n) is 3.96. The highest BCUT2D eigenvalue weighted by molar-refractivity contribution is 5.89. The molecule has 1 aliphatic rings. The number of rotatable bonds is 3. The fourth-order valence-electron chi connectivity index (χ4n) is 2.80. The van der Waals surface area contributed by atoms with Crippen molar-refractivity contribution in [2.45, 2.75) is 25.8 Å². The Hall–Kier alpha value is -2.29. The number of nitrogens with one attached hydrogen (secondary N) is 1. The molecule has 0 fully saturated rings. The normalized spacial score (nSPS) is 12.8. The lowest BCUT2D eigenvalue weighted by molar-refractivity contribution is 0.220. The summed E-state index contributed by atoms with van der Waals surface area (Å²) < 4.78 is 0. The van der Waals surface area contributed by atoms with Gasteiger partial charge in [0.05, 0.1) is 0 Å². The zero-order valence-electron chi connectivity index (χ0n) is 12.3. The van der Waals surface area contributed by atoms with E-state index in [1.165, 1.54) is 17.5 Å². The van der Waals surface area contributed by atoms with Crippen LogP contribution in [0.25, 0.3) is 0 Å². The summed E-state index contributed by atoms with van der Waals surface area (Å²) in [5.74, 6) is 0. The van der Waals surface area contributed by atoms with Gasteiger partial charge in [0, 0.05) is 19.3 Å². The molecule has 1 aliphatic carbocycles. The van der Waals surface area contributed by atoms with E-state index in [0.29, 0.717) is 6.54 Å². The summed E-state index contributed by atoms with van der Waals surface area (Å²) in [7, 11) is 1.82. The molecule has 2 amide bonds. The molecule has 0 bridgehead atoms. The molecule has 0 radical (unpaired) electrons. The molecule has 108 valence electrons. The Balaban J connectivity index is 1.63. The number of hydrogen-bond donors (Lipinski definition) is 1. The van der Waals surface area contributed by atoms with Crippen LogP contribution < -0.4 is 5.32 Å². The van der Waals surface area contributed by atoms with Crippen LogP contribution in [0.4, 0.5) is 10.5 Å². The second kappa shape index (κ2) is 6.00. The second-order valence-electron chi connectivity index (χ2n) is 5.61. The van der Waals surface area contributed by atoms with Crippen LogP contribution in [0, 0.1) is 0 Å². The van der Waals surface area contributed by atoms with E-state index in [9.17, 15) is 4.79 Å². The molecular weight excluding hydrogens is 260 g/mol. The van der Waals surface area contributed by atoms with E-state index < -0.39 is 0 Å². The van der Waals surface area contributed by atoms with Crippen molar-refractivity contribution in [1.82, 2.24) is 4.90 Å². The summed E-state index contributed by atoms with van der Waals surface area (Å²) in [5.41, 5.74) is 4.81. The molecule has 0 aromatic heterocycles. The predicted molar refractivity (Wildman–Crippen MR) is 85.4 cm³/mol. The maximum Gasteiger partial charge on any atom is 0.321 e. The van der Waals surface area contributed by atoms with E-state index in [0.717, 1.165) is 24.1 Å². The van der Waals surface area contributed by atoms with Crippen molar-refractivity contribution in [3.63, 3.8) is 0 Å². The Morgan fingerprint density at radius 2 is 1.86 bits per heavy atom. The van der Waals surface area contributed by atoms with Crippen molar-refractivity contribution < 1.29 is 4.79 Å². The topological polar surface area (TPSA) is 32.3 Å². The fraction of sp³-hybridized carbons (Fsp3) is 0.278. The summed E-state index contributed by atoms with van der Waals surface area (Å²) in [6.45, 7) is 0.609. The molecule has 0 spiro atoms. The average Bonchev–Trinajstić information content (AvgIpc) is 2.95. The smallest absolute Gasteiger partial charge is 0.321 e.